The maximum Gasteiger partial charge on any atom is 0.243 e. The van der Waals surface area contributed by atoms with Gasteiger partial charge in [0.1, 0.15) is 11.4 Å². The largest absolute Gasteiger partial charge is 0.464 e. The predicted octanol–water partition coefficient (Wildman–Crippen LogP) is 4.12. The lowest BCUT2D eigenvalue weighted by Gasteiger charge is -2.24. The minimum atomic E-state index is -0.123. The van der Waals surface area contributed by atoms with Crippen molar-refractivity contribution in [3.8, 4) is 11.3 Å². The first-order valence-electron chi connectivity index (χ1n) is 9.86. The number of H-pyrrole nitrogens is 1. The smallest absolute Gasteiger partial charge is 0.243 e. The summed E-state index contributed by atoms with van der Waals surface area (Å²) in [6, 6.07) is 4.25. The van der Waals surface area contributed by atoms with Crippen molar-refractivity contribution in [2.75, 3.05) is 14.1 Å². The Morgan fingerprint density at radius 2 is 2.31 bits per heavy atom. The van der Waals surface area contributed by atoms with Crippen LogP contribution in [0.5, 0.6) is 0 Å². The summed E-state index contributed by atoms with van der Waals surface area (Å²) in [5, 5.41) is 4.09. The zero-order valence-corrected chi connectivity index (χ0v) is 16.9. The molecule has 3 heterocycles. The Balaban J connectivity index is 1.70. The summed E-state index contributed by atoms with van der Waals surface area (Å²) in [5.74, 6) is 0.706. The quantitative estimate of drug-likeness (QED) is 0.621. The van der Waals surface area contributed by atoms with E-state index in [1.807, 2.05) is 38.8 Å². The number of aromatic amines is 1. The minimum absolute atomic E-state index is 0.112. The SMILES string of the molecule is C=CC(=O)NC1CCC=C(c2ccnc3[nH]cc(-c4cc(CN(C)C)co4)c23)C1. The lowest BCUT2D eigenvalue weighted by Crippen LogP contribution is -2.34. The highest BCUT2D eigenvalue weighted by atomic mass is 16.3. The highest BCUT2D eigenvalue weighted by molar-refractivity contribution is 6.00. The van der Waals surface area contributed by atoms with Crippen LogP contribution in [0, 0.1) is 0 Å². The normalized spacial score (nSPS) is 16.8. The highest BCUT2D eigenvalue weighted by Crippen LogP contribution is 2.37. The zero-order valence-electron chi connectivity index (χ0n) is 16.9. The molecule has 0 saturated carbocycles. The molecule has 0 aliphatic heterocycles. The van der Waals surface area contributed by atoms with Crippen molar-refractivity contribution in [3.05, 3.63) is 60.6 Å². The molecule has 0 fully saturated rings. The third kappa shape index (κ3) is 4.03. The predicted molar refractivity (Wildman–Crippen MR) is 115 cm³/mol. The third-order valence-electron chi connectivity index (χ3n) is 5.24. The molecule has 0 radical (unpaired) electrons. The van der Waals surface area contributed by atoms with Crippen molar-refractivity contribution < 1.29 is 9.21 Å². The Kier molecular flexibility index (Phi) is 5.36. The van der Waals surface area contributed by atoms with Gasteiger partial charge in [0.25, 0.3) is 0 Å². The molecule has 0 saturated heterocycles. The van der Waals surface area contributed by atoms with Gasteiger partial charge in [-0.1, -0.05) is 12.7 Å². The average Bonchev–Trinajstić information content (AvgIpc) is 3.34. The van der Waals surface area contributed by atoms with E-state index in [-0.39, 0.29) is 11.9 Å². The molecule has 1 aliphatic rings. The summed E-state index contributed by atoms with van der Waals surface area (Å²) in [5.41, 5.74) is 5.33. The summed E-state index contributed by atoms with van der Waals surface area (Å²) in [6.07, 6.45) is 11.8. The van der Waals surface area contributed by atoms with E-state index in [9.17, 15) is 4.79 Å². The minimum Gasteiger partial charge on any atom is -0.464 e. The van der Waals surface area contributed by atoms with Crippen molar-refractivity contribution in [1.29, 1.82) is 0 Å². The molecule has 3 aromatic heterocycles. The third-order valence-corrected chi connectivity index (χ3v) is 5.24. The standard InChI is InChI=1S/C23H26N4O2/c1-4-21(28)26-17-7-5-6-16(11-17)18-8-9-24-23-22(18)19(12-25-23)20-10-15(14-29-20)13-27(2)3/h4,6,8-10,12,14,17H,1,5,7,11,13H2,2-3H3,(H,24,25)(H,26,28). The van der Waals surface area contributed by atoms with Gasteiger partial charge < -0.3 is 19.6 Å². The molecule has 6 nitrogen and oxygen atoms in total. The summed E-state index contributed by atoms with van der Waals surface area (Å²) < 4.78 is 5.89. The van der Waals surface area contributed by atoms with Crippen molar-refractivity contribution in [2.24, 2.45) is 0 Å². The molecule has 1 amide bonds. The number of aromatic nitrogens is 2. The second-order valence-electron chi connectivity index (χ2n) is 7.76. The lowest BCUT2D eigenvalue weighted by atomic mass is 9.88. The lowest BCUT2D eigenvalue weighted by molar-refractivity contribution is -0.117. The van der Waals surface area contributed by atoms with Crippen LogP contribution in [0.2, 0.25) is 0 Å². The fourth-order valence-corrected chi connectivity index (χ4v) is 4.00. The first-order chi connectivity index (χ1) is 14.0. The number of fused-ring (bicyclic) bond motifs is 1. The van der Waals surface area contributed by atoms with Crippen LogP contribution in [0.1, 0.15) is 30.4 Å². The van der Waals surface area contributed by atoms with Crippen LogP contribution >= 0.6 is 0 Å². The molecule has 29 heavy (non-hydrogen) atoms. The number of hydrogen-bond donors (Lipinski definition) is 2. The zero-order chi connectivity index (χ0) is 20.4. The van der Waals surface area contributed by atoms with E-state index in [2.05, 4.69) is 38.9 Å². The van der Waals surface area contributed by atoms with E-state index in [4.69, 9.17) is 4.42 Å². The first-order valence-corrected chi connectivity index (χ1v) is 9.86. The number of rotatable bonds is 6. The Hall–Kier alpha value is -3.12. The number of nitrogens with one attached hydrogen (secondary N) is 2. The van der Waals surface area contributed by atoms with Crippen molar-refractivity contribution in [1.82, 2.24) is 20.2 Å². The van der Waals surface area contributed by atoms with Crippen LogP contribution in [0.25, 0.3) is 27.9 Å². The molecule has 150 valence electrons. The van der Waals surface area contributed by atoms with E-state index >= 15 is 0 Å². The van der Waals surface area contributed by atoms with Crippen LogP contribution in [0.15, 0.2) is 53.9 Å². The van der Waals surface area contributed by atoms with E-state index in [0.717, 1.165) is 59.3 Å². The summed E-state index contributed by atoms with van der Waals surface area (Å²) in [7, 11) is 4.08. The summed E-state index contributed by atoms with van der Waals surface area (Å²) in [6.45, 7) is 4.38. The van der Waals surface area contributed by atoms with Gasteiger partial charge >= 0.3 is 0 Å². The molecule has 1 unspecified atom stereocenters. The second kappa shape index (κ2) is 8.09. The van der Waals surface area contributed by atoms with Crippen LogP contribution in [-0.2, 0) is 11.3 Å². The van der Waals surface area contributed by atoms with Gasteiger partial charge in [0.05, 0.1) is 6.26 Å². The van der Waals surface area contributed by atoms with Crippen LogP contribution in [-0.4, -0.2) is 40.9 Å². The molecule has 0 bridgehead atoms. The number of nitrogens with zero attached hydrogens (tertiary/aromatic N) is 2. The van der Waals surface area contributed by atoms with Gasteiger partial charge in [-0.3, -0.25) is 4.79 Å². The number of carbonyl (C=O) groups excluding carboxylic acids is 1. The monoisotopic (exact) mass is 390 g/mol. The summed E-state index contributed by atoms with van der Waals surface area (Å²) >= 11 is 0. The number of hydrogen-bond acceptors (Lipinski definition) is 4. The first kappa shape index (κ1) is 19.2. The van der Waals surface area contributed by atoms with Gasteiger partial charge in [-0.25, -0.2) is 4.98 Å². The number of allylic oxidation sites excluding steroid dienone is 1. The van der Waals surface area contributed by atoms with Crippen LogP contribution in [0.3, 0.4) is 0 Å². The van der Waals surface area contributed by atoms with Gasteiger partial charge in [-0.2, -0.15) is 0 Å². The number of carbonyl (C=O) groups is 1. The van der Waals surface area contributed by atoms with E-state index in [1.54, 1.807) is 0 Å². The van der Waals surface area contributed by atoms with E-state index < -0.39 is 0 Å². The van der Waals surface area contributed by atoms with Crippen molar-refractivity contribution in [2.45, 2.75) is 31.8 Å². The van der Waals surface area contributed by atoms with Gasteiger partial charge in [-0.05, 0) is 62.7 Å². The Labute approximate surface area is 170 Å². The van der Waals surface area contributed by atoms with E-state index in [0.29, 0.717) is 0 Å². The molecule has 0 aromatic carbocycles. The molecule has 2 N–H and O–H groups in total. The molecule has 1 aliphatic carbocycles. The van der Waals surface area contributed by atoms with Gasteiger partial charge in [0.2, 0.25) is 5.91 Å². The highest BCUT2D eigenvalue weighted by Gasteiger charge is 2.22. The Morgan fingerprint density at radius 1 is 1.45 bits per heavy atom. The maximum atomic E-state index is 11.7. The number of amides is 1. The van der Waals surface area contributed by atoms with Gasteiger partial charge in [0.15, 0.2) is 0 Å². The topological polar surface area (TPSA) is 74.2 Å². The molecule has 1 atom stereocenters. The molecule has 0 spiro atoms. The second-order valence-corrected chi connectivity index (χ2v) is 7.76. The van der Waals surface area contributed by atoms with Gasteiger partial charge in [-0.15, -0.1) is 0 Å². The Morgan fingerprint density at radius 3 is 3.10 bits per heavy atom. The maximum absolute atomic E-state index is 11.7. The molecule has 4 rings (SSSR count). The molecular formula is C23H26N4O2. The Bertz CT molecular complexity index is 1070. The molecular weight excluding hydrogens is 364 g/mol. The number of furan rings is 1. The molecule has 3 aromatic rings. The van der Waals surface area contributed by atoms with Crippen LogP contribution in [0.4, 0.5) is 0 Å². The fraction of sp³-hybridized carbons (Fsp3) is 0.304. The van der Waals surface area contributed by atoms with Crippen molar-refractivity contribution in [3.63, 3.8) is 0 Å². The fourth-order valence-electron chi connectivity index (χ4n) is 4.00. The number of pyridine rings is 1. The van der Waals surface area contributed by atoms with Crippen molar-refractivity contribution >= 4 is 22.5 Å². The molecule has 6 heteroatoms. The van der Waals surface area contributed by atoms with Gasteiger partial charge in [0, 0.05) is 41.5 Å². The van der Waals surface area contributed by atoms with E-state index in [1.165, 1.54) is 11.6 Å². The summed E-state index contributed by atoms with van der Waals surface area (Å²) in [4.78, 5) is 21.6. The average molecular weight is 390 g/mol. The van der Waals surface area contributed by atoms with Crippen LogP contribution < -0.4 is 5.32 Å².